The number of benzene rings is 1. The van der Waals surface area contributed by atoms with Gasteiger partial charge in [-0.25, -0.2) is 9.67 Å². The van der Waals surface area contributed by atoms with Gasteiger partial charge in [0, 0.05) is 42.3 Å². The number of aromatic nitrogens is 3. The van der Waals surface area contributed by atoms with E-state index in [0.717, 1.165) is 28.9 Å². The molecule has 0 unspecified atom stereocenters. The van der Waals surface area contributed by atoms with Crippen molar-refractivity contribution in [2.24, 2.45) is 5.73 Å². The number of carbonyl (C=O) groups excluding carboxylic acids is 1. The highest BCUT2D eigenvalue weighted by Gasteiger charge is 2.25. The van der Waals surface area contributed by atoms with Crippen LogP contribution in [0, 0.1) is 0 Å². The zero-order chi connectivity index (χ0) is 19.7. The number of ether oxygens (including phenoxy) is 2. The maximum absolute atomic E-state index is 12.7. The molecule has 8 nitrogen and oxygen atoms in total. The molecule has 2 N–H and O–H groups in total. The lowest BCUT2D eigenvalue weighted by molar-refractivity contribution is 0.0790. The minimum Gasteiger partial charge on any atom is -0.497 e. The number of hydrogen-bond donors (Lipinski definition) is 1. The third-order valence-corrected chi connectivity index (χ3v) is 5.05. The van der Waals surface area contributed by atoms with E-state index in [-0.39, 0.29) is 36.8 Å². The van der Waals surface area contributed by atoms with Crippen LogP contribution in [0.25, 0.3) is 11.0 Å². The third-order valence-electron chi connectivity index (χ3n) is 5.05. The molecule has 3 heterocycles. The van der Waals surface area contributed by atoms with Crippen LogP contribution < -0.4 is 15.2 Å². The van der Waals surface area contributed by atoms with Gasteiger partial charge < -0.3 is 20.1 Å². The third kappa shape index (κ3) is 4.61. The molecule has 0 aliphatic carbocycles. The highest BCUT2D eigenvalue weighted by Crippen LogP contribution is 2.26. The summed E-state index contributed by atoms with van der Waals surface area (Å²) < 4.78 is 12.5. The fourth-order valence-corrected chi connectivity index (χ4v) is 3.50. The molecule has 1 aromatic carbocycles. The van der Waals surface area contributed by atoms with Crippen molar-refractivity contribution in [3.8, 4) is 11.5 Å². The highest BCUT2D eigenvalue weighted by atomic mass is 35.5. The van der Waals surface area contributed by atoms with Gasteiger partial charge in [0.25, 0.3) is 5.91 Å². The molecule has 0 radical (unpaired) electrons. The monoisotopic (exact) mass is 453 g/mol. The number of carbonyl (C=O) groups is 1. The number of nitrogens with two attached hydrogens (primary N) is 1. The van der Waals surface area contributed by atoms with Gasteiger partial charge in [-0.3, -0.25) is 4.79 Å². The van der Waals surface area contributed by atoms with Crippen molar-refractivity contribution in [2.75, 3.05) is 27.3 Å². The number of hydrogen-bond acceptors (Lipinski definition) is 6. The van der Waals surface area contributed by atoms with E-state index in [0.29, 0.717) is 30.8 Å². The first-order chi connectivity index (χ1) is 13.6. The van der Waals surface area contributed by atoms with Crippen molar-refractivity contribution < 1.29 is 14.3 Å². The van der Waals surface area contributed by atoms with E-state index in [1.54, 1.807) is 36.2 Å². The Kier molecular flexibility index (Phi) is 7.89. The summed E-state index contributed by atoms with van der Waals surface area (Å²) in [6, 6.07) is 7.56. The molecule has 30 heavy (non-hydrogen) atoms. The van der Waals surface area contributed by atoms with Gasteiger partial charge in [0.15, 0.2) is 5.65 Å². The molecule has 0 bridgehead atoms. The van der Waals surface area contributed by atoms with Crippen molar-refractivity contribution in [2.45, 2.75) is 19.0 Å². The molecule has 0 saturated carbocycles. The average Bonchev–Trinajstić information content (AvgIpc) is 3.33. The largest absolute Gasteiger partial charge is 0.497 e. The highest BCUT2D eigenvalue weighted by molar-refractivity contribution is 5.97. The Bertz CT molecular complexity index is 1030. The van der Waals surface area contributed by atoms with Crippen LogP contribution in [0.2, 0.25) is 0 Å². The molecule has 4 rings (SSSR count). The summed E-state index contributed by atoms with van der Waals surface area (Å²) in [7, 11) is 3.24. The van der Waals surface area contributed by atoms with Crippen molar-refractivity contribution >= 4 is 41.8 Å². The minimum atomic E-state index is -0.0353. The second kappa shape index (κ2) is 9.97. The first-order valence-corrected chi connectivity index (χ1v) is 9.16. The number of methoxy groups -OCH3 is 2. The van der Waals surface area contributed by atoms with Crippen LogP contribution in [0.3, 0.4) is 0 Å². The standard InChI is InChI=1S/C20H23N5O3.2ClH/c1-27-17-4-3-13(18(8-17)28-2)11-25-19-14(10-23-25)7-15(9-22-19)20(26)24-6-5-16(21)12-24;;/h3-4,7-10,16H,5-6,11-12,21H2,1-2H3;2*1H/t16-;;/m1../s1. The zero-order valence-corrected chi connectivity index (χ0v) is 18.4. The number of nitrogens with zero attached hydrogens (tertiary/aromatic N) is 4. The number of pyridine rings is 1. The second-order valence-corrected chi connectivity index (χ2v) is 6.92. The Morgan fingerprint density at radius 1 is 1.20 bits per heavy atom. The molecule has 162 valence electrons. The SMILES string of the molecule is COc1ccc(Cn2ncc3cc(C(=O)N4CC[C@@H](N)C4)cnc32)c(OC)c1.Cl.Cl. The van der Waals surface area contributed by atoms with E-state index in [9.17, 15) is 4.79 Å². The lowest BCUT2D eigenvalue weighted by Crippen LogP contribution is -2.31. The van der Waals surface area contributed by atoms with Crippen LogP contribution >= 0.6 is 24.8 Å². The molecule has 2 aromatic heterocycles. The fraction of sp³-hybridized carbons (Fsp3) is 0.350. The summed E-state index contributed by atoms with van der Waals surface area (Å²) in [5.41, 5.74) is 8.14. The maximum Gasteiger partial charge on any atom is 0.255 e. The molecular formula is C20H25Cl2N5O3. The van der Waals surface area contributed by atoms with Gasteiger partial charge in [-0.05, 0) is 24.6 Å². The molecule has 1 amide bonds. The summed E-state index contributed by atoms with van der Waals surface area (Å²) in [6.07, 6.45) is 4.17. The van der Waals surface area contributed by atoms with Gasteiger partial charge >= 0.3 is 0 Å². The molecule has 0 spiro atoms. The Morgan fingerprint density at radius 2 is 2.00 bits per heavy atom. The Morgan fingerprint density at radius 3 is 2.67 bits per heavy atom. The molecule has 1 saturated heterocycles. The van der Waals surface area contributed by atoms with Gasteiger partial charge in [0.05, 0.1) is 32.5 Å². The van der Waals surface area contributed by atoms with Crippen molar-refractivity contribution in [1.29, 1.82) is 0 Å². The zero-order valence-electron chi connectivity index (χ0n) is 16.8. The predicted molar refractivity (Wildman–Crippen MR) is 119 cm³/mol. The van der Waals surface area contributed by atoms with Gasteiger partial charge in [-0.15, -0.1) is 24.8 Å². The van der Waals surface area contributed by atoms with Crippen LogP contribution in [0.1, 0.15) is 22.3 Å². The lowest BCUT2D eigenvalue weighted by Gasteiger charge is -2.15. The molecular weight excluding hydrogens is 429 g/mol. The van der Waals surface area contributed by atoms with Crippen LogP contribution in [-0.2, 0) is 6.54 Å². The van der Waals surface area contributed by atoms with Gasteiger partial charge in [0.1, 0.15) is 11.5 Å². The van der Waals surface area contributed by atoms with E-state index < -0.39 is 0 Å². The average molecular weight is 454 g/mol. The van der Waals surface area contributed by atoms with Crippen LogP contribution in [0.15, 0.2) is 36.7 Å². The molecule has 10 heteroatoms. The normalized spacial score (nSPS) is 15.4. The quantitative estimate of drug-likeness (QED) is 0.637. The smallest absolute Gasteiger partial charge is 0.255 e. The summed E-state index contributed by atoms with van der Waals surface area (Å²) in [5.74, 6) is 1.42. The Hall–Kier alpha value is -2.55. The number of halogens is 2. The second-order valence-electron chi connectivity index (χ2n) is 6.92. The maximum atomic E-state index is 12.7. The van der Waals surface area contributed by atoms with Crippen LogP contribution in [0.4, 0.5) is 0 Å². The summed E-state index contributed by atoms with van der Waals surface area (Å²) >= 11 is 0. The Labute approximate surface area is 187 Å². The van der Waals surface area contributed by atoms with E-state index in [1.807, 2.05) is 24.3 Å². The van der Waals surface area contributed by atoms with Gasteiger partial charge in [-0.2, -0.15) is 5.10 Å². The first-order valence-electron chi connectivity index (χ1n) is 9.16. The molecule has 1 fully saturated rings. The molecule has 1 aliphatic rings. The van der Waals surface area contributed by atoms with Crippen molar-refractivity contribution in [1.82, 2.24) is 19.7 Å². The van der Waals surface area contributed by atoms with Gasteiger partial charge in [0.2, 0.25) is 0 Å². The predicted octanol–water partition coefficient (Wildman–Crippen LogP) is 2.51. The van der Waals surface area contributed by atoms with Crippen molar-refractivity contribution in [3.05, 3.63) is 47.8 Å². The fourth-order valence-electron chi connectivity index (χ4n) is 3.50. The molecule has 1 atom stereocenters. The van der Waals surface area contributed by atoms with Crippen molar-refractivity contribution in [3.63, 3.8) is 0 Å². The molecule has 3 aromatic rings. The van der Waals surface area contributed by atoms with E-state index in [4.69, 9.17) is 15.2 Å². The number of rotatable bonds is 5. The number of likely N-dealkylation sites (tertiary alicyclic amines) is 1. The van der Waals surface area contributed by atoms with E-state index in [1.165, 1.54) is 0 Å². The summed E-state index contributed by atoms with van der Waals surface area (Å²) in [6.45, 7) is 1.78. The topological polar surface area (TPSA) is 95.5 Å². The summed E-state index contributed by atoms with van der Waals surface area (Å²) in [4.78, 5) is 18.9. The first kappa shape index (κ1) is 23.7. The molecule has 1 aliphatic heterocycles. The Balaban J connectivity index is 0.00000160. The minimum absolute atomic E-state index is 0. The van der Waals surface area contributed by atoms with Crippen LogP contribution in [-0.4, -0.2) is 58.9 Å². The van der Waals surface area contributed by atoms with Gasteiger partial charge in [-0.1, -0.05) is 0 Å². The van der Waals surface area contributed by atoms with E-state index >= 15 is 0 Å². The lowest BCUT2D eigenvalue weighted by atomic mass is 10.2. The number of fused-ring (bicyclic) bond motifs is 1. The summed E-state index contributed by atoms with van der Waals surface area (Å²) in [5, 5.41) is 5.26. The van der Waals surface area contributed by atoms with E-state index in [2.05, 4.69) is 10.1 Å². The number of amides is 1. The van der Waals surface area contributed by atoms with Crippen LogP contribution in [0.5, 0.6) is 11.5 Å².